The summed E-state index contributed by atoms with van der Waals surface area (Å²) in [5, 5.41) is 11.4. The summed E-state index contributed by atoms with van der Waals surface area (Å²) in [6, 6.07) is 7.07. The van der Waals surface area contributed by atoms with Crippen LogP contribution in [0, 0.1) is 17.1 Å². The van der Waals surface area contributed by atoms with Crippen molar-refractivity contribution >= 4 is 0 Å². The number of nitriles is 1. The monoisotopic (exact) mass is 236 g/mol. The first-order chi connectivity index (χ1) is 8.19. The molecule has 92 valence electrons. The summed E-state index contributed by atoms with van der Waals surface area (Å²) in [5.74, 6) is -0.114. The van der Waals surface area contributed by atoms with Crippen molar-refractivity contribution in [1.29, 1.82) is 5.26 Å². The number of ether oxygens (including phenoxy) is 1. The number of unbranched alkanes of at least 4 members (excludes halogenated alkanes) is 1. The molecule has 1 N–H and O–H groups in total. The highest BCUT2D eigenvalue weighted by atomic mass is 19.1. The van der Waals surface area contributed by atoms with Crippen molar-refractivity contribution in [3.8, 4) is 11.8 Å². The van der Waals surface area contributed by atoms with Gasteiger partial charge in [0.1, 0.15) is 0 Å². The fourth-order valence-electron chi connectivity index (χ4n) is 1.40. The first-order valence-electron chi connectivity index (χ1n) is 5.65. The van der Waals surface area contributed by atoms with Crippen LogP contribution < -0.4 is 10.1 Å². The van der Waals surface area contributed by atoms with Crippen LogP contribution in [0.3, 0.4) is 0 Å². The lowest BCUT2D eigenvalue weighted by atomic mass is 10.1. The minimum Gasteiger partial charge on any atom is -0.490 e. The normalized spacial score (nSPS) is 11.9. The molecule has 0 aliphatic carbocycles. The van der Waals surface area contributed by atoms with Gasteiger partial charge in [-0.25, -0.2) is 4.39 Å². The van der Waals surface area contributed by atoms with E-state index in [-0.39, 0.29) is 17.6 Å². The van der Waals surface area contributed by atoms with Gasteiger partial charge in [0.25, 0.3) is 0 Å². The predicted octanol–water partition coefficient (Wildman–Crippen LogP) is 2.79. The molecule has 0 aliphatic heterocycles. The number of nitrogens with zero attached hydrogens (tertiary/aromatic N) is 1. The standard InChI is InChI=1S/C13H17FN2O/c1-10(16-2)11-5-6-13(12(14)9-11)17-8-4-3-7-15/h5-6,9-10,16H,3-4,8H2,1-2H3. The molecule has 1 unspecified atom stereocenters. The van der Waals surface area contributed by atoms with E-state index < -0.39 is 0 Å². The summed E-state index contributed by atoms with van der Waals surface area (Å²) < 4.78 is 18.9. The number of hydrogen-bond donors (Lipinski definition) is 1. The molecular formula is C13H17FN2O. The van der Waals surface area contributed by atoms with Crippen LogP contribution in [0.5, 0.6) is 5.75 Å². The van der Waals surface area contributed by atoms with Crippen molar-refractivity contribution < 1.29 is 9.13 Å². The van der Waals surface area contributed by atoms with Gasteiger partial charge in [0.2, 0.25) is 0 Å². The Balaban J connectivity index is 2.60. The molecular weight excluding hydrogens is 219 g/mol. The molecule has 0 bridgehead atoms. The van der Waals surface area contributed by atoms with E-state index in [1.54, 1.807) is 6.07 Å². The lowest BCUT2D eigenvalue weighted by molar-refractivity contribution is 0.297. The van der Waals surface area contributed by atoms with Gasteiger partial charge in [-0.15, -0.1) is 0 Å². The van der Waals surface area contributed by atoms with Gasteiger partial charge in [-0.2, -0.15) is 5.26 Å². The van der Waals surface area contributed by atoms with E-state index in [1.807, 2.05) is 26.1 Å². The summed E-state index contributed by atoms with van der Waals surface area (Å²) >= 11 is 0. The van der Waals surface area contributed by atoms with E-state index in [4.69, 9.17) is 10.00 Å². The Labute approximate surface area is 101 Å². The predicted molar refractivity (Wildman–Crippen MR) is 64.2 cm³/mol. The molecule has 0 aromatic heterocycles. The minimum atomic E-state index is -0.360. The lowest BCUT2D eigenvalue weighted by Gasteiger charge is -2.12. The Morgan fingerprint density at radius 1 is 1.53 bits per heavy atom. The Morgan fingerprint density at radius 3 is 2.88 bits per heavy atom. The molecule has 0 amide bonds. The number of hydrogen-bond acceptors (Lipinski definition) is 3. The van der Waals surface area contributed by atoms with Gasteiger partial charge in [0.15, 0.2) is 11.6 Å². The van der Waals surface area contributed by atoms with E-state index >= 15 is 0 Å². The van der Waals surface area contributed by atoms with E-state index in [2.05, 4.69) is 5.32 Å². The molecule has 0 fully saturated rings. The Bertz CT molecular complexity index is 401. The second kappa shape index (κ2) is 6.87. The van der Waals surface area contributed by atoms with Gasteiger partial charge in [-0.3, -0.25) is 0 Å². The Kier molecular flexibility index (Phi) is 5.44. The molecule has 4 heteroatoms. The zero-order valence-electron chi connectivity index (χ0n) is 10.2. The van der Waals surface area contributed by atoms with Gasteiger partial charge in [-0.05, 0) is 38.1 Å². The molecule has 0 saturated heterocycles. The van der Waals surface area contributed by atoms with E-state index in [0.717, 1.165) is 5.56 Å². The fraction of sp³-hybridized carbons (Fsp3) is 0.462. The van der Waals surface area contributed by atoms with Crippen LogP contribution in [0.15, 0.2) is 18.2 Å². The molecule has 1 aromatic rings. The first-order valence-corrected chi connectivity index (χ1v) is 5.65. The average molecular weight is 236 g/mol. The lowest BCUT2D eigenvalue weighted by Crippen LogP contribution is -2.12. The summed E-state index contributed by atoms with van der Waals surface area (Å²) in [4.78, 5) is 0. The molecule has 0 aliphatic rings. The van der Waals surface area contributed by atoms with E-state index in [9.17, 15) is 4.39 Å². The molecule has 1 rings (SSSR count). The number of benzene rings is 1. The van der Waals surface area contributed by atoms with Crippen molar-refractivity contribution in [2.45, 2.75) is 25.8 Å². The molecule has 0 heterocycles. The van der Waals surface area contributed by atoms with Crippen LogP contribution in [0.4, 0.5) is 4.39 Å². The SMILES string of the molecule is CNC(C)c1ccc(OCCCC#N)c(F)c1. The zero-order valence-corrected chi connectivity index (χ0v) is 10.2. The Hall–Kier alpha value is -1.60. The topological polar surface area (TPSA) is 45.0 Å². The quantitative estimate of drug-likeness (QED) is 0.772. The number of nitrogens with one attached hydrogen (secondary N) is 1. The fourth-order valence-corrected chi connectivity index (χ4v) is 1.40. The average Bonchev–Trinajstić information content (AvgIpc) is 2.35. The van der Waals surface area contributed by atoms with Crippen molar-refractivity contribution in [3.63, 3.8) is 0 Å². The van der Waals surface area contributed by atoms with Crippen molar-refractivity contribution in [2.24, 2.45) is 0 Å². The summed E-state index contributed by atoms with van der Waals surface area (Å²) in [7, 11) is 1.83. The van der Waals surface area contributed by atoms with E-state index in [0.29, 0.717) is 19.4 Å². The second-order valence-electron chi connectivity index (χ2n) is 3.81. The molecule has 1 atom stereocenters. The maximum atomic E-state index is 13.6. The third kappa shape index (κ3) is 4.04. The summed E-state index contributed by atoms with van der Waals surface area (Å²) in [5.41, 5.74) is 0.884. The van der Waals surface area contributed by atoms with Gasteiger partial charge in [0.05, 0.1) is 12.7 Å². The largest absolute Gasteiger partial charge is 0.490 e. The van der Waals surface area contributed by atoms with Crippen molar-refractivity contribution in [1.82, 2.24) is 5.32 Å². The highest BCUT2D eigenvalue weighted by Gasteiger charge is 2.08. The van der Waals surface area contributed by atoms with Gasteiger partial charge >= 0.3 is 0 Å². The minimum absolute atomic E-state index is 0.108. The molecule has 0 radical (unpaired) electrons. The van der Waals surface area contributed by atoms with Crippen LogP contribution in [0.1, 0.15) is 31.4 Å². The third-order valence-corrected chi connectivity index (χ3v) is 2.58. The first kappa shape index (κ1) is 13.5. The van der Waals surface area contributed by atoms with E-state index in [1.165, 1.54) is 6.07 Å². The van der Waals surface area contributed by atoms with Crippen molar-refractivity contribution in [2.75, 3.05) is 13.7 Å². The number of rotatable bonds is 6. The smallest absolute Gasteiger partial charge is 0.165 e. The van der Waals surface area contributed by atoms with Crippen LogP contribution in [0.2, 0.25) is 0 Å². The Morgan fingerprint density at radius 2 is 2.29 bits per heavy atom. The maximum absolute atomic E-state index is 13.6. The molecule has 3 nitrogen and oxygen atoms in total. The molecule has 0 spiro atoms. The summed E-state index contributed by atoms with van der Waals surface area (Å²) in [6.07, 6.45) is 1.04. The highest BCUT2D eigenvalue weighted by molar-refractivity contribution is 5.30. The highest BCUT2D eigenvalue weighted by Crippen LogP contribution is 2.22. The molecule has 1 aromatic carbocycles. The van der Waals surface area contributed by atoms with Crippen LogP contribution in [0.25, 0.3) is 0 Å². The maximum Gasteiger partial charge on any atom is 0.165 e. The van der Waals surface area contributed by atoms with Gasteiger partial charge < -0.3 is 10.1 Å². The molecule has 0 saturated carbocycles. The molecule has 17 heavy (non-hydrogen) atoms. The van der Waals surface area contributed by atoms with Gasteiger partial charge in [-0.1, -0.05) is 6.07 Å². The third-order valence-electron chi connectivity index (χ3n) is 2.58. The van der Waals surface area contributed by atoms with Crippen LogP contribution in [-0.2, 0) is 0 Å². The number of halogens is 1. The zero-order chi connectivity index (χ0) is 12.7. The van der Waals surface area contributed by atoms with Crippen LogP contribution >= 0.6 is 0 Å². The van der Waals surface area contributed by atoms with Crippen LogP contribution in [-0.4, -0.2) is 13.7 Å². The summed E-state index contributed by atoms with van der Waals surface area (Å²) in [6.45, 7) is 2.33. The van der Waals surface area contributed by atoms with Gasteiger partial charge in [0, 0.05) is 12.5 Å². The van der Waals surface area contributed by atoms with Crippen molar-refractivity contribution in [3.05, 3.63) is 29.6 Å². The second-order valence-corrected chi connectivity index (χ2v) is 3.81.